The smallest absolute Gasteiger partial charge is 0.349 e. The molecule has 1 aromatic heterocycles. The maximum absolute atomic E-state index is 13.2. The van der Waals surface area contributed by atoms with Crippen molar-refractivity contribution < 1.29 is 17.6 Å². The van der Waals surface area contributed by atoms with E-state index in [1.54, 1.807) is 54.6 Å². The van der Waals surface area contributed by atoms with Gasteiger partial charge in [-0.25, -0.2) is 13.2 Å². The van der Waals surface area contributed by atoms with Gasteiger partial charge in [0.15, 0.2) is 0 Å². The van der Waals surface area contributed by atoms with Gasteiger partial charge >= 0.3 is 5.63 Å². The molecular formula is C27H24ClN3O5S. The molecule has 10 heteroatoms. The summed E-state index contributed by atoms with van der Waals surface area (Å²) in [4.78, 5) is 27.8. The van der Waals surface area contributed by atoms with Crippen LogP contribution in [0.25, 0.3) is 11.0 Å². The van der Waals surface area contributed by atoms with Crippen molar-refractivity contribution in [2.24, 2.45) is 0 Å². The number of halogens is 1. The van der Waals surface area contributed by atoms with E-state index in [9.17, 15) is 18.0 Å². The van der Waals surface area contributed by atoms with Crippen LogP contribution >= 0.6 is 11.6 Å². The third-order valence-corrected chi connectivity index (χ3v) is 7.92. The average molecular weight is 538 g/mol. The van der Waals surface area contributed by atoms with Gasteiger partial charge in [-0.1, -0.05) is 41.9 Å². The number of amides is 1. The van der Waals surface area contributed by atoms with E-state index in [1.165, 1.54) is 18.2 Å². The van der Waals surface area contributed by atoms with Gasteiger partial charge in [0.25, 0.3) is 15.9 Å². The second-order valence-electron chi connectivity index (χ2n) is 8.75. The molecule has 5 rings (SSSR count). The highest BCUT2D eigenvalue weighted by Crippen LogP contribution is 2.33. The number of piperidine rings is 1. The standard InChI is InChI=1S/C27H24ClN3O5S/c28-21-9-3-4-10-22(21)30-37(34,35)19-12-13-24(31-14-6-1-7-15-31)23(17-19)29-26(32)20-16-18-8-2-5-11-25(18)36-27(20)33/h2-5,8-13,16-17,30H,1,6-7,14-15H2,(H,29,32). The van der Waals surface area contributed by atoms with Crippen molar-refractivity contribution >= 4 is 55.6 Å². The molecule has 0 atom stereocenters. The molecule has 0 spiro atoms. The Morgan fingerprint density at radius 3 is 2.41 bits per heavy atom. The van der Waals surface area contributed by atoms with Crippen LogP contribution in [0.4, 0.5) is 17.1 Å². The van der Waals surface area contributed by atoms with Crippen molar-refractivity contribution in [3.05, 3.63) is 93.8 Å². The summed E-state index contributed by atoms with van der Waals surface area (Å²) in [5.41, 5.74) is 0.613. The lowest BCUT2D eigenvalue weighted by Crippen LogP contribution is -2.31. The van der Waals surface area contributed by atoms with Crippen LogP contribution in [-0.4, -0.2) is 27.4 Å². The Bertz CT molecular complexity index is 1650. The van der Waals surface area contributed by atoms with Gasteiger partial charge in [-0.05, 0) is 61.7 Å². The lowest BCUT2D eigenvalue weighted by Gasteiger charge is -2.30. The predicted octanol–water partition coefficient (Wildman–Crippen LogP) is 5.49. The Morgan fingerprint density at radius 1 is 0.892 bits per heavy atom. The largest absolute Gasteiger partial charge is 0.422 e. The molecule has 0 saturated carbocycles. The zero-order valence-corrected chi connectivity index (χ0v) is 21.3. The van der Waals surface area contributed by atoms with Gasteiger partial charge < -0.3 is 14.6 Å². The number of carbonyl (C=O) groups is 1. The van der Waals surface area contributed by atoms with Gasteiger partial charge in [-0.3, -0.25) is 9.52 Å². The molecule has 3 aromatic carbocycles. The Hall–Kier alpha value is -3.82. The predicted molar refractivity (Wildman–Crippen MR) is 145 cm³/mol. The highest BCUT2D eigenvalue weighted by atomic mass is 35.5. The molecule has 190 valence electrons. The number of para-hydroxylation sites is 2. The minimum absolute atomic E-state index is 0.0611. The first-order chi connectivity index (χ1) is 17.8. The summed E-state index contributed by atoms with van der Waals surface area (Å²) in [7, 11) is -4.03. The summed E-state index contributed by atoms with van der Waals surface area (Å²) in [6, 6.07) is 19.4. The topological polar surface area (TPSA) is 109 Å². The summed E-state index contributed by atoms with van der Waals surface area (Å²) in [6.07, 6.45) is 3.07. The first kappa shape index (κ1) is 24.9. The Balaban J connectivity index is 1.52. The number of hydrogen-bond acceptors (Lipinski definition) is 6. The highest BCUT2D eigenvalue weighted by molar-refractivity contribution is 7.92. The lowest BCUT2D eigenvalue weighted by molar-refractivity contribution is 0.102. The van der Waals surface area contributed by atoms with Crippen molar-refractivity contribution in [1.29, 1.82) is 0 Å². The van der Waals surface area contributed by atoms with E-state index in [0.717, 1.165) is 32.4 Å². The summed E-state index contributed by atoms with van der Waals surface area (Å²) in [5, 5.41) is 3.62. The number of nitrogens with zero attached hydrogens (tertiary/aromatic N) is 1. The SMILES string of the molecule is O=C(Nc1cc(S(=O)(=O)Nc2ccccc2Cl)ccc1N1CCCCC1)c1cc2ccccc2oc1=O. The van der Waals surface area contributed by atoms with Gasteiger partial charge in [0, 0.05) is 18.5 Å². The van der Waals surface area contributed by atoms with Crippen LogP contribution in [0.5, 0.6) is 0 Å². The van der Waals surface area contributed by atoms with Crippen LogP contribution in [0.2, 0.25) is 5.02 Å². The third kappa shape index (κ3) is 5.33. The minimum Gasteiger partial charge on any atom is -0.422 e. The molecule has 1 amide bonds. The second-order valence-corrected chi connectivity index (χ2v) is 10.8. The highest BCUT2D eigenvalue weighted by Gasteiger charge is 2.23. The molecule has 0 radical (unpaired) electrons. The molecule has 0 unspecified atom stereocenters. The fraction of sp³-hybridized carbons (Fsp3) is 0.185. The summed E-state index contributed by atoms with van der Waals surface area (Å²) in [5.74, 6) is -0.689. The molecule has 4 aromatic rings. The number of fused-ring (bicyclic) bond motifs is 1. The van der Waals surface area contributed by atoms with Crippen LogP contribution in [0.1, 0.15) is 29.6 Å². The van der Waals surface area contributed by atoms with Crippen LogP contribution in [0, 0.1) is 0 Å². The fourth-order valence-corrected chi connectivity index (χ4v) is 5.70. The van der Waals surface area contributed by atoms with Crippen LogP contribution in [0.15, 0.2) is 86.9 Å². The zero-order valence-electron chi connectivity index (χ0n) is 19.7. The van der Waals surface area contributed by atoms with Crippen molar-refractivity contribution in [2.75, 3.05) is 28.0 Å². The summed E-state index contributed by atoms with van der Waals surface area (Å²) in [6.45, 7) is 1.54. The molecule has 1 aliphatic heterocycles. The lowest BCUT2D eigenvalue weighted by atomic mass is 10.1. The first-order valence-corrected chi connectivity index (χ1v) is 13.7. The van der Waals surface area contributed by atoms with Crippen molar-refractivity contribution in [2.45, 2.75) is 24.2 Å². The number of nitrogens with one attached hydrogen (secondary N) is 2. The van der Waals surface area contributed by atoms with Crippen LogP contribution < -0.4 is 20.6 Å². The first-order valence-electron chi connectivity index (χ1n) is 11.8. The number of rotatable bonds is 6. The van der Waals surface area contributed by atoms with Gasteiger partial charge in [-0.2, -0.15) is 0 Å². The van der Waals surface area contributed by atoms with Gasteiger partial charge in [0.2, 0.25) is 0 Å². The van der Waals surface area contributed by atoms with E-state index in [1.807, 2.05) is 0 Å². The maximum Gasteiger partial charge on any atom is 0.349 e. The molecule has 2 N–H and O–H groups in total. The summed E-state index contributed by atoms with van der Waals surface area (Å²) >= 11 is 6.14. The minimum atomic E-state index is -4.03. The Morgan fingerprint density at radius 2 is 1.62 bits per heavy atom. The van der Waals surface area contributed by atoms with E-state index in [4.69, 9.17) is 16.0 Å². The van der Waals surface area contributed by atoms with E-state index in [-0.39, 0.29) is 26.9 Å². The van der Waals surface area contributed by atoms with Gasteiger partial charge in [0.05, 0.1) is 27.0 Å². The Kier molecular flexibility index (Phi) is 6.90. The maximum atomic E-state index is 13.2. The monoisotopic (exact) mass is 537 g/mol. The van der Waals surface area contributed by atoms with Gasteiger partial charge in [0.1, 0.15) is 11.1 Å². The molecule has 0 aliphatic carbocycles. The summed E-state index contributed by atoms with van der Waals surface area (Å²) < 4.78 is 34.2. The van der Waals surface area contributed by atoms with E-state index < -0.39 is 21.6 Å². The Labute approximate surface area is 218 Å². The second kappa shape index (κ2) is 10.3. The van der Waals surface area contributed by atoms with E-state index in [2.05, 4.69) is 14.9 Å². The van der Waals surface area contributed by atoms with Gasteiger partial charge in [-0.15, -0.1) is 0 Å². The third-order valence-electron chi connectivity index (χ3n) is 6.23. The van der Waals surface area contributed by atoms with Crippen LogP contribution in [-0.2, 0) is 10.0 Å². The van der Waals surface area contributed by atoms with Crippen molar-refractivity contribution in [3.63, 3.8) is 0 Å². The van der Waals surface area contributed by atoms with Crippen molar-refractivity contribution in [3.8, 4) is 0 Å². The molecular weight excluding hydrogens is 514 g/mol. The van der Waals surface area contributed by atoms with Crippen molar-refractivity contribution in [1.82, 2.24) is 0 Å². The molecule has 0 bridgehead atoms. The number of sulfonamides is 1. The van der Waals surface area contributed by atoms with Crippen LogP contribution in [0.3, 0.4) is 0 Å². The quantitative estimate of drug-likeness (QED) is 0.315. The fourth-order valence-electron chi connectivity index (χ4n) is 4.35. The number of carbonyl (C=O) groups excluding carboxylic acids is 1. The normalized spacial score (nSPS) is 13.9. The molecule has 1 saturated heterocycles. The van der Waals surface area contributed by atoms with E-state index in [0.29, 0.717) is 16.7 Å². The molecule has 8 nitrogen and oxygen atoms in total. The number of benzene rings is 3. The average Bonchev–Trinajstić information content (AvgIpc) is 2.90. The molecule has 1 fully saturated rings. The molecule has 1 aliphatic rings. The number of anilines is 3. The zero-order chi connectivity index (χ0) is 26.0. The number of hydrogen-bond donors (Lipinski definition) is 2. The molecule has 2 heterocycles. The van der Waals surface area contributed by atoms with E-state index >= 15 is 0 Å². The molecule has 37 heavy (non-hydrogen) atoms.